The van der Waals surface area contributed by atoms with Gasteiger partial charge >= 0.3 is 0 Å². The van der Waals surface area contributed by atoms with E-state index in [1.165, 1.54) is 25.0 Å². The summed E-state index contributed by atoms with van der Waals surface area (Å²) in [5.41, 5.74) is 4.53. The topological polar surface area (TPSA) is 15.8 Å². The molecule has 0 bridgehead atoms. The first-order chi connectivity index (χ1) is 5.29. The van der Waals surface area contributed by atoms with Gasteiger partial charge in [0, 0.05) is 11.9 Å². The normalized spacial score (nSPS) is 23.3. The summed E-state index contributed by atoms with van der Waals surface area (Å²) in [5.74, 6) is 0.781. The highest BCUT2D eigenvalue weighted by atomic mass is 14.7. The monoisotopic (exact) mass is 149 g/mol. The number of rotatable bonds is 0. The number of H-pyrrole nitrogens is 1. The van der Waals surface area contributed by atoms with Crippen molar-refractivity contribution in [3.05, 3.63) is 23.0 Å². The second-order valence-corrected chi connectivity index (χ2v) is 3.64. The molecule has 1 aromatic heterocycles. The van der Waals surface area contributed by atoms with Gasteiger partial charge in [0.1, 0.15) is 0 Å². The van der Waals surface area contributed by atoms with Crippen LogP contribution in [0.4, 0.5) is 0 Å². The Hall–Kier alpha value is -0.720. The van der Waals surface area contributed by atoms with Gasteiger partial charge in [0.2, 0.25) is 0 Å². The third kappa shape index (κ3) is 0.991. The van der Waals surface area contributed by atoms with Gasteiger partial charge < -0.3 is 4.98 Å². The van der Waals surface area contributed by atoms with E-state index in [-0.39, 0.29) is 0 Å². The van der Waals surface area contributed by atoms with E-state index in [1.807, 2.05) is 0 Å². The minimum atomic E-state index is 0.781. The Kier molecular flexibility index (Phi) is 1.52. The fourth-order valence-electron chi connectivity index (χ4n) is 2.09. The first kappa shape index (κ1) is 6.96. The summed E-state index contributed by atoms with van der Waals surface area (Å²) in [5, 5.41) is 0. The van der Waals surface area contributed by atoms with Crippen molar-refractivity contribution in [1.82, 2.24) is 4.98 Å². The van der Waals surface area contributed by atoms with Crippen LogP contribution >= 0.6 is 0 Å². The predicted octanol–water partition coefficient (Wildman–Crippen LogP) is 2.76. The molecular weight excluding hydrogens is 134 g/mol. The molecule has 1 N–H and O–H groups in total. The van der Waals surface area contributed by atoms with Crippen LogP contribution in [0.25, 0.3) is 0 Å². The molecule has 0 aliphatic heterocycles. The summed E-state index contributed by atoms with van der Waals surface area (Å²) in [6.07, 6.45) is 6.21. The van der Waals surface area contributed by atoms with Crippen molar-refractivity contribution in [3.8, 4) is 0 Å². The van der Waals surface area contributed by atoms with Crippen LogP contribution in [0.1, 0.15) is 42.5 Å². The Bertz CT molecular complexity index is 260. The van der Waals surface area contributed by atoms with Gasteiger partial charge in [0.05, 0.1) is 0 Å². The van der Waals surface area contributed by atoms with E-state index in [1.54, 1.807) is 11.1 Å². The van der Waals surface area contributed by atoms with Gasteiger partial charge in [-0.2, -0.15) is 0 Å². The molecule has 1 aromatic rings. The standard InChI is InChI=1S/C10H15N/c1-7-4-3-5-9-8(2)11-6-10(7)9/h6-7,11H,3-5H2,1-2H3. The summed E-state index contributed by atoms with van der Waals surface area (Å²) in [4.78, 5) is 3.31. The lowest BCUT2D eigenvalue weighted by atomic mass is 9.86. The van der Waals surface area contributed by atoms with Crippen molar-refractivity contribution < 1.29 is 0 Å². The number of aryl methyl sites for hydroxylation is 1. The number of hydrogen-bond acceptors (Lipinski definition) is 0. The average molecular weight is 149 g/mol. The minimum absolute atomic E-state index is 0.781. The quantitative estimate of drug-likeness (QED) is 0.583. The highest BCUT2D eigenvalue weighted by Crippen LogP contribution is 2.32. The second-order valence-electron chi connectivity index (χ2n) is 3.64. The van der Waals surface area contributed by atoms with Crippen molar-refractivity contribution in [3.63, 3.8) is 0 Å². The van der Waals surface area contributed by atoms with E-state index in [4.69, 9.17) is 0 Å². The lowest BCUT2D eigenvalue weighted by Gasteiger charge is -2.18. The number of nitrogens with one attached hydrogen (secondary N) is 1. The van der Waals surface area contributed by atoms with E-state index in [9.17, 15) is 0 Å². The Labute approximate surface area is 67.8 Å². The molecule has 2 rings (SSSR count). The largest absolute Gasteiger partial charge is 0.365 e. The van der Waals surface area contributed by atoms with E-state index >= 15 is 0 Å². The van der Waals surface area contributed by atoms with Crippen LogP contribution < -0.4 is 0 Å². The maximum Gasteiger partial charge on any atom is 0.0151 e. The van der Waals surface area contributed by atoms with Crippen molar-refractivity contribution >= 4 is 0 Å². The van der Waals surface area contributed by atoms with Crippen LogP contribution in [0, 0.1) is 6.92 Å². The van der Waals surface area contributed by atoms with Gasteiger partial charge in [-0.15, -0.1) is 0 Å². The van der Waals surface area contributed by atoms with Crippen LogP contribution in [-0.4, -0.2) is 4.98 Å². The van der Waals surface area contributed by atoms with Crippen molar-refractivity contribution in [2.24, 2.45) is 0 Å². The Morgan fingerprint density at radius 3 is 3.09 bits per heavy atom. The first-order valence-corrected chi connectivity index (χ1v) is 4.46. The molecule has 1 atom stereocenters. The van der Waals surface area contributed by atoms with Crippen molar-refractivity contribution in [2.45, 2.75) is 39.0 Å². The van der Waals surface area contributed by atoms with Crippen molar-refractivity contribution in [1.29, 1.82) is 0 Å². The SMILES string of the molecule is Cc1[nH]cc2c1CCCC2C. The van der Waals surface area contributed by atoms with Crippen LogP contribution in [0.2, 0.25) is 0 Å². The molecule has 0 amide bonds. The summed E-state index contributed by atoms with van der Waals surface area (Å²) in [6, 6.07) is 0. The molecule has 1 heteroatoms. The number of aromatic nitrogens is 1. The molecule has 0 spiro atoms. The lowest BCUT2D eigenvalue weighted by molar-refractivity contribution is 0.592. The van der Waals surface area contributed by atoms with E-state index in [2.05, 4.69) is 25.0 Å². The summed E-state index contributed by atoms with van der Waals surface area (Å²) in [6.45, 7) is 4.50. The lowest BCUT2D eigenvalue weighted by Crippen LogP contribution is -2.04. The minimum Gasteiger partial charge on any atom is -0.365 e. The molecule has 1 nitrogen and oxygen atoms in total. The summed E-state index contributed by atoms with van der Waals surface area (Å²) < 4.78 is 0. The third-order valence-electron chi connectivity index (χ3n) is 2.84. The fourth-order valence-corrected chi connectivity index (χ4v) is 2.09. The van der Waals surface area contributed by atoms with Gasteiger partial charge in [-0.1, -0.05) is 6.92 Å². The van der Waals surface area contributed by atoms with Crippen LogP contribution in [-0.2, 0) is 6.42 Å². The number of aromatic amines is 1. The zero-order valence-electron chi connectivity index (χ0n) is 7.28. The molecule has 1 aliphatic carbocycles. The number of hydrogen-bond donors (Lipinski definition) is 1. The van der Waals surface area contributed by atoms with Gasteiger partial charge in [-0.3, -0.25) is 0 Å². The fraction of sp³-hybridized carbons (Fsp3) is 0.600. The highest BCUT2D eigenvalue weighted by molar-refractivity contribution is 5.34. The molecule has 1 unspecified atom stereocenters. The Morgan fingerprint density at radius 1 is 1.55 bits per heavy atom. The van der Waals surface area contributed by atoms with Gasteiger partial charge in [-0.05, 0) is 43.2 Å². The molecule has 60 valence electrons. The Morgan fingerprint density at radius 2 is 2.36 bits per heavy atom. The predicted molar refractivity (Wildman–Crippen MR) is 46.9 cm³/mol. The highest BCUT2D eigenvalue weighted by Gasteiger charge is 2.18. The van der Waals surface area contributed by atoms with E-state index in [0.29, 0.717) is 0 Å². The van der Waals surface area contributed by atoms with Crippen LogP contribution in [0.5, 0.6) is 0 Å². The third-order valence-corrected chi connectivity index (χ3v) is 2.84. The molecule has 0 saturated heterocycles. The molecule has 0 fully saturated rings. The number of fused-ring (bicyclic) bond motifs is 1. The van der Waals surface area contributed by atoms with Crippen LogP contribution in [0.3, 0.4) is 0 Å². The maximum atomic E-state index is 3.31. The molecule has 0 saturated carbocycles. The first-order valence-electron chi connectivity index (χ1n) is 4.46. The Balaban J connectivity index is 2.46. The van der Waals surface area contributed by atoms with Gasteiger partial charge in [-0.25, -0.2) is 0 Å². The summed E-state index contributed by atoms with van der Waals surface area (Å²) >= 11 is 0. The van der Waals surface area contributed by atoms with E-state index in [0.717, 1.165) is 5.92 Å². The smallest absolute Gasteiger partial charge is 0.0151 e. The second kappa shape index (κ2) is 2.40. The summed E-state index contributed by atoms with van der Waals surface area (Å²) in [7, 11) is 0. The van der Waals surface area contributed by atoms with E-state index < -0.39 is 0 Å². The molecule has 11 heavy (non-hydrogen) atoms. The molecule has 1 heterocycles. The zero-order valence-corrected chi connectivity index (χ0v) is 7.28. The van der Waals surface area contributed by atoms with Crippen molar-refractivity contribution in [2.75, 3.05) is 0 Å². The van der Waals surface area contributed by atoms with Crippen LogP contribution in [0.15, 0.2) is 6.20 Å². The molecular formula is C10H15N. The molecule has 1 aliphatic rings. The molecule has 0 radical (unpaired) electrons. The van der Waals surface area contributed by atoms with Gasteiger partial charge in [0.15, 0.2) is 0 Å². The average Bonchev–Trinajstić information content (AvgIpc) is 2.35. The zero-order chi connectivity index (χ0) is 7.84. The maximum absolute atomic E-state index is 3.31. The molecule has 0 aromatic carbocycles. The van der Waals surface area contributed by atoms with Gasteiger partial charge in [0.25, 0.3) is 0 Å².